The van der Waals surface area contributed by atoms with Gasteiger partial charge in [0.2, 0.25) is 5.91 Å². The number of amides is 1. The van der Waals surface area contributed by atoms with E-state index in [4.69, 9.17) is 4.74 Å². The molecule has 2 aromatic rings. The third-order valence-electron chi connectivity index (χ3n) is 4.33. The Kier molecular flexibility index (Phi) is 6.66. The molecule has 1 aliphatic heterocycles. The summed E-state index contributed by atoms with van der Waals surface area (Å²) in [6, 6.07) is 16.0. The highest BCUT2D eigenvalue weighted by Gasteiger charge is 2.16. The molecular weight excluding hydrogens is 394 g/mol. The van der Waals surface area contributed by atoms with E-state index in [9.17, 15) is 4.79 Å². The van der Waals surface area contributed by atoms with Crippen LogP contribution in [0.1, 0.15) is 5.56 Å². The second kappa shape index (κ2) is 9.16. The minimum Gasteiger partial charge on any atom is -0.378 e. The molecule has 1 fully saturated rings. The number of hydrogen-bond acceptors (Lipinski definition) is 4. The number of likely N-dealkylation sites (N-methyl/N-ethyl adjacent to an activating group) is 1. The van der Waals surface area contributed by atoms with E-state index in [2.05, 4.69) is 50.4 Å². The van der Waals surface area contributed by atoms with E-state index >= 15 is 0 Å². The Bertz CT molecular complexity index is 730. The van der Waals surface area contributed by atoms with Crippen molar-refractivity contribution in [3.63, 3.8) is 0 Å². The minimum atomic E-state index is -0.0151. The number of carbonyl (C=O) groups excluding carboxylic acids is 1. The van der Waals surface area contributed by atoms with Crippen molar-refractivity contribution in [3.05, 3.63) is 58.6 Å². The molecule has 0 aliphatic carbocycles. The lowest BCUT2D eigenvalue weighted by Gasteiger charge is -2.31. The summed E-state index contributed by atoms with van der Waals surface area (Å²) < 4.78 is 6.44. The molecule has 0 atom stereocenters. The molecule has 1 heterocycles. The SMILES string of the molecule is CN(CC(=O)Nc1ccc(Br)cc1)Cc1ccccc1N1CCOCC1. The number of carbonyl (C=O) groups is 1. The summed E-state index contributed by atoms with van der Waals surface area (Å²) in [4.78, 5) is 16.7. The van der Waals surface area contributed by atoms with Gasteiger partial charge in [0.15, 0.2) is 0 Å². The molecule has 138 valence electrons. The summed E-state index contributed by atoms with van der Waals surface area (Å²) >= 11 is 3.40. The third kappa shape index (κ3) is 5.30. The van der Waals surface area contributed by atoms with Crippen molar-refractivity contribution in [1.82, 2.24) is 4.90 Å². The van der Waals surface area contributed by atoms with Crippen LogP contribution in [0.4, 0.5) is 11.4 Å². The van der Waals surface area contributed by atoms with Gasteiger partial charge in [-0.15, -0.1) is 0 Å². The molecular formula is C20H24BrN3O2. The number of rotatable bonds is 6. The maximum absolute atomic E-state index is 12.3. The summed E-state index contributed by atoms with van der Waals surface area (Å²) in [5.74, 6) is -0.0151. The van der Waals surface area contributed by atoms with Crippen LogP contribution in [0.2, 0.25) is 0 Å². The zero-order chi connectivity index (χ0) is 18.4. The highest BCUT2D eigenvalue weighted by molar-refractivity contribution is 9.10. The van der Waals surface area contributed by atoms with Gasteiger partial charge in [-0.2, -0.15) is 0 Å². The Hall–Kier alpha value is -1.89. The standard InChI is InChI=1S/C20H24BrN3O2/c1-23(15-20(25)22-18-8-6-17(21)7-9-18)14-16-4-2-3-5-19(16)24-10-12-26-13-11-24/h2-9H,10-15H2,1H3,(H,22,25). The van der Waals surface area contributed by atoms with Gasteiger partial charge in [0.1, 0.15) is 0 Å². The van der Waals surface area contributed by atoms with Gasteiger partial charge >= 0.3 is 0 Å². The van der Waals surface area contributed by atoms with Gasteiger partial charge in [0, 0.05) is 35.5 Å². The van der Waals surface area contributed by atoms with Crippen LogP contribution in [0.25, 0.3) is 0 Å². The minimum absolute atomic E-state index is 0.0151. The molecule has 26 heavy (non-hydrogen) atoms. The molecule has 0 radical (unpaired) electrons. The van der Waals surface area contributed by atoms with Gasteiger partial charge < -0.3 is 15.0 Å². The Morgan fingerprint density at radius 1 is 1.15 bits per heavy atom. The third-order valence-corrected chi connectivity index (χ3v) is 4.85. The fourth-order valence-corrected chi connectivity index (χ4v) is 3.35. The first-order valence-corrected chi connectivity index (χ1v) is 9.56. The zero-order valence-corrected chi connectivity index (χ0v) is 16.5. The van der Waals surface area contributed by atoms with Crippen molar-refractivity contribution < 1.29 is 9.53 Å². The van der Waals surface area contributed by atoms with Crippen molar-refractivity contribution in [2.45, 2.75) is 6.54 Å². The van der Waals surface area contributed by atoms with E-state index in [1.165, 1.54) is 11.3 Å². The van der Waals surface area contributed by atoms with E-state index < -0.39 is 0 Å². The first kappa shape index (κ1) is 18.9. The van der Waals surface area contributed by atoms with Crippen LogP contribution in [0, 0.1) is 0 Å². The number of morpholine rings is 1. The summed E-state index contributed by atoms with van der Waals surface area (Å²) in [7, 11) is 1.97. The smallest absolute Gasteiger partial charge is 0.238 e. The second-order valence-electron chi connectivity index (χ2n) is 6.46. The summed E-state index contributed by atoms with van der Waals surface area (Å²) in [5.41, 5.74) is 3.27. The lowest BCUT2D eigenvalue weighted by atomic mass is 10.1. The Morgan fingerprint density at radius 3 is 2.58 bits per heavy atom. The van der Waals surface area contributed by atoms with E-state index in [1.54, 1.807) is 0 Å². The van der Waals surface area contributed by atoms with E-state index in [0.29, 0.717) is 6.54 Å². The predicted molar refractivity (Wildman–Crippen MR) is 109 cm³/mol. The molecule has 0 spiro atoms. The van der Waals surface area contributed by atoms with E-state index in [0.717, 1.165) is 43.0 Å². The quantitative estimate of drug-likeness (QED) is 0.782. The fourth-order valence-electron chi connectivity index (χ4n) is 3.08. The molecule has 1 aliphatic rings. The van der Waals surface area contributed by atoms with Crippen molar-refractivity contribution in [2.24, 2.45) is 0 Å². The number of hydrogen-bond donors (Lipinski definition) is 1. The summed E-state index contributed by atoms with van der Waals surface area (Å²) in [6.45, 7) is 4.41. The lowest BCUT2D eigenvalue weighted by Crippen LogP contribution is -2.37. The average Bonchev–Trinajstić information content (AvgIpc) is 2.64. The molecule has 1 N–H and O–H groups in total. The van der Waals surface area contributed by atoms with Crippen LogP contribution in [-0.2, 0) is 16.1 Å². The summed E-state index contributed by atoms with van der Waals surface area (Å²) in [6.07, 6.45) is 0. The lowest BCUT2D eigenvalue weighted by molar-refractivity contribution is -0.117. The normalized spacial score (nSPS) is 14.5. The molecule has 2 aromatic carbocycles. The van der Waals surface area contributed by atoms with E-state index in [1.807, 2.05) is 36.2 Å². The second-order valence-corrected chi connectivity index (χ2v) is 7.37. The molecule has 0 unspecified atom stereocenters. The van der Waals surface area contributed by atoms with Crippen LogP contribution < -0.4 is 10.2 Å². The average molecular weight is 418 g/mol. The maximum atomic E-state index is 12.3. The topological polar surface area (TPSA) is 44.8 Å². The number of nitrogens with one attached hydrogen (secondary N) is 1. The molecule has 0 aromatic heterocycles. The van der Waals surface area contributed by atoms with Gasteiger partial charge in [0.25, 0.3) is 0 Å². The maximum Gasteiger partial charge on any atom is 0.238 e. The molecule has 1 amide bonds. The van der Waals surface area contributed by atoms with Gasteiger partial charge in [-0.25, -0.2) is 0 Å². The van der Waals surface area contributed by atoms with Crippen LogP contribution in [0.3, 0.4) is 0 Å². The molecule has 1 saturated heterocycles. The number of halogens is 1. The van der Waals surface area contributed by atoms with Gasteiger partial charge in [0.05, 0.1) is 19.8 Å². The predicted octanol–water partition coefficient (Wildman–Crippen LogP) is 3.36. The van der Waals surface area contributed by atoms with Gasteiger partial charge in [-0.3, -0.25) is 9.69 Å². The molecule has 5 nitrogen and oxygen atoms in total. The first-order chi connectivity index (χ1) is 12.6. The number of para-hydroxylation sites is 1. The number of anilines is 2. The van der Waals surface area contributed by atoms with Crippen LogP contribution in [0.5, 0.6) is 0 Å². The number of ether oxygens (including phenoxy) is 1. The van der Waals surface area contributed by atoms with Crippen LogP contribution >= 0.6 is 15.9 Å². The molecule has 3 rings (SSSR count). The first-order valence-electron chi connectivity index (χ1n) is 8.76. The Balaban J connectivity index is 1.58. The number of nitrogens with zero attached hydrogens (tertiary/aromatic N) is 2. The molecule has 6 heteroatoms. The van der Waals surface area contributed by atoms with Crippen molar-refractivity contribution in [3.8, 4) is 0 Å². The molecule has 0 bridgehead atoms. The van der Waals surface area contributed by atoms with Crippen LogP contribution in [0.15, 0.2) is 53.0 Å². The van der Waals surface area contributed by atoms with Crippen molar-refractivity contribution in [1.29, 1.82) is 0 Å². The van der Waals surface area contributed by atoms with E-state index in [-0.39, 0.29) is 5.91 Å². The monoisotopic (exact) mass is 417 g/mol. The highest BCUT2D eigenvalue weighted by Crippen LogP contribution is 2.22. The van der Waals surface area contributed by atoms with Crippen molar-refractivity contribution >= 4 is 33.2 Å². The largest absolute Gasteiger partial charge is 0.378 e. The summed E-state index contributed by atoms with van der Waals surface area (Å²) in [5, 5.41) is 2.94. The van der Waals surface area contributed by atoms with Crippen molar-refractivity contribution in [2.75, 3.05) is 50.1 Å². The number of benzene rings is 2. The molecule has 0 saturated carbocycles. The highest BCUT2D eigenvalue weighted by atomic mass is 79.9. The van der Waals surface area contributed by atoms with Gasteiger partial charge in [-0.1, -0.05) is 34.1 Å². The van der Waals surface area contributed by atoms with Gasteiger partial charge in [-0.05, 0) is 42.9 Å². The van der Waals surface area contributed by atoms with Crippen LogP contribution in [-0.4, -0.2) is 50.7 Å². The fraction of sp³-hybridized carbons (Fsp3) is 0.350. The Labute approximate surface area is 163 Å². The zero-order valence-electron chi connectivity index (χ0n) is 15.0. The Morgan fingerprint density at radius 2 is 1.85 bits per heavy atom.